The van der Waals surface area contributed by atoms with Crippen molar-refractivity contribution in [2.24, 2.45) is 0 Å². The number of anilines is 1. The Morgan fingerprint density at radius 2 is 1.90 bits per heavy atom. The zero-order valence-corrected chi connectivity index (χ0v) is 12.8. The largest absolute Gasteiger partial charge is 0.508 e. The number of aromatic nitrogens is 1. The normalized spacial score (nSPS) is 14.8. The molecule has 2 aromatic rings. The van der Waals surface area contributed by atoms with Crippen LogP contribution in [0.2, 0.25) is 0 Å². The molecule has 0 atom stereocenters. The zero-order chi connectivity index (χ0) is 13.1. The molecule has 1 aromatic heterocycles. The van der Waals surface area contributed by atoms with Crippen LogP contribution >= 0.6 is 17.0 Å². The van der Waals surface area contributed by atoms with Crippen molar-refractivity contribution < 1.29 is 5.11 Å². The van der Waals surface area contributed by atoms with Gasteiger partial charge in [0.15, 0.2) is 0 Å². The maximum Gasteiger partial charge on any atom is 0.115 e. The lowest BCUT2D eigenvalue weighted by atomic mass is 10.0. The second-order valence-electron chi connectivity index (χ2n) is 4.83. The quantitative estimate of drug-likeness (QED) is 0.885. The second kappa shape index (κ2) is 6.72. The molecule has 106 valence electrons. The summed E-state index contributed by atoms with van der Waals surface area (Å²) < 4.78 is 0. The van der Waals surface area contributed by atoms with Gasteiger partial charge in [-0.15, -0.1) is 17.0 Å². The summed E-state index contributed by atoms with van der Waals surface area (Å²) in [6.45, 7) is 1.83. The maximum absolute atomic E-state index is 9.54. The Morgan fingerprint density at radius 1 is 1.10 bits per heavy atom. The van der Waals surface area contributed by atoms with Crippen LogP contribution < -0.4 is 5.43 Å². The van der Waals surface area contributed by atoms with Crippen LogP contribution in [0.5, 0.6) is 5.75 Å². The lowest BCUT2D eigenvalue weighted by Gasteiger charge is -2.22. The predicted molar refractivity (Wildman–Crippen MR) is 85.0 cm³/mol. The van der Waals surface area contributed by atoms with E-state index in [2.05, 4.69) is 15.4 Å². The first-order valence-electron chi connectivity index (χ1n) is 6.54. The molecule has 0 fully saturated rings. The van der Waals surface area contributed by atoms with E-state index in [9.17, 15) is 5.11 Å². The number of aromatic hydroxyl groups is 1. The van der Waals surface area contributed by atoms with Gasteiger partial charge in [-0.05, 0) is 48.2 Å². The van der Waals surface area contributed by atoms with Crippen LogP contribution in [0.4, 0.5) is 5.69 Å². The van der Waals surface area contributed by atoms with Gasteiger partial charge >= 0.3 is 0 Å². The first kappa shape index (κ1) is 14.8. The number of benzene rings is 1. The van der Waals surface area contributed by atoms with E-state index >= 15 is 0 Å². The molecule has 0 saturated heterocycles. The van der Waals surface area contributed by atoms with E-state index in [1.54, 1.807) is 18.5 Å². The molecule has 0 saturated carbocycles. The lowest BCUT2D eigenvalue weighted by Crippen LogP contribution is -2.29. The molecule has 3 rings (SSSR count). The van der Waals surface area contributed by atoms with Gasteiger partial charge in [-0.2, -0.15) is 0 Å². The number of rotatable bonds is 2. The lowest BCUT2D eigenvalue weighted by molar-refractivity contribution is 0.327. The van der Waals surface area contributed by atoms with Gasteiger partial charge in [0.25, 0.3) is 0 Å². The molecule has 2 N–H and O–H groups in total. The third kappa shape index (κ3) is 3.49. The van der Waals surface area contributed by atoms with Crippen molar-refractivity contribution in [1.29, 1.82) is 0 Å². The number of phenolic OH excluding ortho intramolecular Hbond substituents is 1. The van der Waals surface area contributed by atoms with Crippen molar-refractivity contribution in [3.05, 3.63) is 53.9 Å². The van der Waals surface area contributed by atoms with Crippen LogP contribution in [-0.4, -0.2) is 21.6 Å². The monoisotopic (exact) mass is 335 g/mol. The van der Waals surface area contributed by atoms with Gasteiger partial charge in [0.1, 0.15) is 5.75 Å². The number of hydrazine groups is 1. The Morgan fingerprint density at radius 3 is 2.70 bits per heavy atom. The minimum absolute atomic E-state index is 0. The van der Waals surface area contributed by atoms with Gasteiger partial charge in [-0.3, -0.25) is 4.98 Å². The highest BCUT2D eigenvalue weighted by molar-refractivity contribution is 8.93. The third-order valence-corrected chi connectivity index (χ3v) is 3.39. The number of fused-ring (bicyclic) bond motifs is 1. The summed E-state index contributed by atoms with van der Waals surface area (Å²) >= 11 is 0. The molecular weight excluding hydrogens is 318 g/mol. The van der Waals surface area contributed by atoms with Gasteiger partial charge in [0.05, 0.1) is 5.69 Å². The van der Waals surface area contributed by atoms with Gasteiger partial charge in [-0.25, -0.2) is 5.01 Å². The number of hydrogen-bond acceptors (Lipinski definition) is 4. The molecule has 2 heterocycles. The number of hydrogen-bond donors (Lipinski definition) is 2. The van der Waals surface area contributed by atoms with Crippen molar-refractivity contribution in [2.75, 3.05) is 12.0 Å². The van der Waals surface area contributed by atoms with Crippen molar-refractivity contribution in [2.45, 2.75) is 19.4 Å². The average molecular weight is 336 g/mol. The summed E-state index contributed by atoms with van der Waals surface area (Å²) in [5.41, 5.74) is 6.98. The highest BCUT2D eigenvalue weighted by Crippen LogP contribution is 2.23. The van der Waals surface area contributed by atoms with Crippen LogP contribution in [0.1, 0.15) is 17.5 Å². The molecule has 0 bridgehead atoms. The number of nitrogens with one attached hydrogen (secondary N) is 1. The molecular formula is C15H18BrN3O. The predicted octanol–water partition coefficient (Wildman–Crippen LogP) is 3.14. The molecule has 0 radical (unpaired) electrons. The van der Waals surface area contributed by atoms with Crippen LogP contribution in [-0.2, 0) is 13.0 Å². The Balaban J connectivity index is 0.00000147. The zero-order valence-electron chi connectivity index (χ0n) is 11.1. The summed E-state index contributed by atoms with van der Waals surface area (Å²) in [5.74, 6) is 0.356. The molecule has 1 aliphatic rings. The Bertz CT molecular complexity index is 562. The molecule has 4 nitrogen and oxygen atoms in total. The minimum atomic E-state index is 0. The first-order valence-corrected chi connectivity index (χ1v) is 6.54. The van der Waals surface area contributed by atoms with E-state index in [4.69, 9.17) is 0 Å². The van der Waals surface area contributed by atoms with E-state index in [1.165, 1.54) is 11.1 Å². The van der Waals surface area contributed by atoms with E-state index < -0.39 is 0 Å². The van der Waals surface area contributed by atoms with Crippen molar-refractivity contribution in [3.8, 4) is 5.75 Å². The van der Waals surface area contributed by atoms with Crippen LogP contribution in [0.15, 0.2) is 42.7 Å². The van der Waals surface area contributed by atoms with Crippen LogP contribution in [0.25, 0.3) is 0 Å². The molecule has 0 aliphatic carbocycles. The highest BCUT2D eigenvalue weighted by atomic mass is 79.9. The summed E-state index contributed by atoms with van der Waals surface area (Å²) in [7, 11) is 0. The third-order valence-electron chi connectivity index (χ3n) is 3.39. The van der Waals surface area contributed by atoms with Crippen LogP contribution in [0, 0.1) is 0 Å². The molecule has 1 aromatic carbocycles. The molecule has 5 heteroatoms. The average Bonchev–Trinajstić information content (AvgIpc) is 2.61. The number of aryl methyl sites for hydroxylation is 1. The molecule has 1 aliphatic heterocycles. The maximum atomic E-state index is 9.54. The van der Waals surface area contributed by atoms with E-state index in [0.29, 0.717) is 5.75 Å². The summed E-state index contributed by atoms with van der Waals surface area (Å²) in [4.78, 5) is 4.02. The Hall–Kier alpha value is -1.59. The van der Waals surface area contributed by atoms with E-state index in [1.807, 2.05) is 24.3 Å². The van der Waals surface area contributed by atoms with E-state index in [0.717, 1.165) is 31.6 Å². The highest BCUT2D eigenvalue weighted by Gasteiger charge is 2.14. The fraction of sp³-hybridized carbons (Fsp3) is 0.267. The Labute approximate surface area is 129 Å². The topological polar surface area (TPSA) is 48.4 Å². The van der Waals surface area contributed by atoms with Crippen molar-refractivity contribution in [3.63, 3.8) is 0 Å². The Kier molecular flexibility index (Phi) is 4.98. The smallest absolute Gasteiger partial charge is 0.115 e. The standard InChI is InChI=1S/C15H17N3O.BrH/c19-15-4-3-13-11-18(9-1-2-12(13)10-15)17-14-5-7-16-8-6-14;/h3-8,10,19H,1-2,9,11H2,(H,16,17);1H. The fourth-order valence-electron chi connectivity index (χ4n) is 2.45. The number of nitrogens with zero attached hydrogens (tertiary/aromatic N) is 2. The second-order valence-corrected chi connectivity index (χ2v) is 4.83. The van der Waals surface area contributed by atoms with Gasteiger partial charge in [-0.1, -0.05) is 6.07 Å². The van der Waals surface area contributed by atoms with Gasteiger partial charge in [0, 0.05) is 25.5 Å². The van der Waals surface area contributed by atoms with Crippen molar-refractivity contribution >= 4 is 22.7 Å². The SMILES string of the molecule is Br.Oc1ccc2c(c1)CCCN(Nc1ccncc1)C2. The van der Waals surface area contributed by atoms with Crippen molar-refractivity contribution in [1.82, 2.24) is 9.99 Å². The number of phenols is 1. The molecule has 20 heavy (non-hydrogen) atoms. The molecule has 0 amide bonds. The van der Waals surface area contributed by atoms with Crippen LogP contribution in [0.3, 0.4) is 0 Å². The number of pyridine rings is 1. The fourth-order valence-corrected chi connectivity index (χ4v) is 2.45. The molecule has 0 spiro atoms. The molecule has 0 unspecified atom stereocenters. The first-order chi connectivity index (χ1) is 9.31. The minimum Gasteiger partial charge on any atom is -0.508 e. The van der Waals surface area contributed by atoms with E-state index in [-0.39, 0.29) is 17.0 Å². The van der Waals surface area contributed by atoms with Gasteiger partial charge in [0.2, 0.25) is 0 Å². The number of halogens is 1. The summed E-state index contributed by atoms with van der Waals surface area (Å²) in [6.07, 6.45) is 5.66. The summed E-state index contributed by atoms with van der Waals surface area (Å²) in [6, 6.07) is 9.57. The summed E-state index contributed by atoms with van der Waals surface area (Å²) in [5, 5.41) is 11.8. The van der Waals surface area contributed by atoms with Gasteiger partial charge < -0.3 is 10.5 Å².